The van der Waals surface area contributed by atoms with Crippen LogP contribution in [0.3, 0.4) is 0 Å². The first-order valence-electron chi connectivity index (χ1n) is 7.48. The number of rotatable bonds is 4. The smallest absolute Gasteiger partial charge is 0.227 e. The Bertz CT molecular complexity index is 505. The van der Waals surface area contributed by atoms with E-state index >= 15 is 0 Å². The molecule has 21 heavy (non-hydrogen) atoms. The highest BCUT2D eigenvalue weighted by Crippen LogP contribution is 2.26. The van der Waals surface area contributed by atoms with Crippen molar-refractivity contribution in [3.8, 4) is 5.75 Å². The normalized spacial score (nSPS) is 22.1. The van der Waals surface area contributed by atoms with Crippen molar-refractivity contribution in [2.75, 3.05) is 5.32 Å². The minimum Gasteiger partial charge on any atom is -0.491 e. The summed E-state index contributed by atoms with van der Waals surface area (Å²) < 4.78 is 19.4. The number of nitrogens with two attached hydrogens (primary N) is 1. The lowest BCUT2D eigenvalue weighted by Crippen LogP contribution is -2.34. The van der Waals surface area contributed by atoms with E-state index in [1.54, 1.807) is 6.07 Å². The van der Waals surface area contributed by atoms with E-state index < -0.39 is 5.82 Å². The van der Waals surface area contributed by atoms with Gasteiger partial charge in [-0.2, -0.15) is 0 Å². The van der Waals surface area contributed by atoms with Crippen molar-refractivity contribution < 1.29 is 13.9 Å². The van der Waals surface area contributed by atoms with Crippen LogP contribution in [0, 0.1) is 11.7 Å². The largest absolute Gasteiger partial charge is 0.491 e. The van der Waals surface area contributed by atoms with Gasteiger partial charge in [0.25, 0.3) is 0 Å². The predicted molar refractivity (Wildman–Crippen MR) is 80.7 cm³/mol. The summed E-state index contributed by atoms with van der Waals surface area (Å²) in [5.74, 6) is -0.303. The number of ether oxygens (including phenoxy) is 1. The van der Waals surface area contributed by atoms with E-state index in [2.05, 4.69) is 5.32 Å². The molecule has 1 aliphatic rings. The molecule has 2 unspecified atom stereocenters. The van der Waals surface area contributed by atoms with Gasteiger partial charge in [0.2, 0.25) is 5.91 Å². The maximum Gasteiger partial charge on any atom is 0.227 e. The van der Waals surface area contributed by atoms with Crippen LogP contribution < -0.4 is 15.8 Å². The van der Waals surface area contributed by atoms with Crippen molar-refractivity contribution in [3.05, 3.63) is 24.0 Å². The molecule has 3 N–H and O–H groups in total. The topological polar surface area (TPSA) is 64.3 Å². The second-order valence-corrected chi connectivity index (χ2v) is 5.92. The molecule has 1 aromatic rings. The lowest BCUT2D eigenvalue weighted by Gasteiger charge is -2.25. The number of amides is 1. The molecule has 1 fully saturated rings. The van der Waals surface area contributed by atoms with Gasteiger partial charge < -0.3 is 15.8 Å². The van der Waals surface area contributed by atoms with Gasteiger partial charge in [0.05, 0.1) is 11.8 Å². The van der Waals surface area contributed by atoms with Crippen molar-refractivity contribution in [3.63, 3.8) is 0 Å². The number of carbonyl (C=O) groups is 1. The van der Waals surface area contributed by atoms with Crippen LogP contribution in [0.5, 0.6) is 5.75 Å². The summed E-state index contributed by atoms with van der Waals surface area (Å²) in [5, 5.41) is 2.66. The van der Waals surface area contributed by atoms with Gasteiger partial charge in [0.1, 0.15) is 11.6 Å². The molecule has 0 spiro atoms. The quantitative estimate of drug-likeness (QED) is 0.897. The highest BCUT2D eigenvalue weighted by atomic mass is 19.1. The Morgan fingerprint density at radius 3 is 2.81 bits per heavy atom. The van der Waals surface area contributed by atoms with Crippen LogP contribution in [0.1, 0.15) is 39.5 Å². The average Bonchev–Trinajstić information content (AvgIpc) is 2.41. The molecule has 1 amide bonds. The first kappa shape index (κ1) is 15.8. The Morgan fingerprint density at radius 1 is 1.43 bits per heavy atom. The molecule has 0 radical (unpaired) electrons. The molecule has 1 aliphatic carbocycles. The Labute approximate surface area is 124 Å². The monoisotopic (exact) mass is 294 g/mol. The molecule has 1 saturated carbocycles. The van der Waals surface area contributed by atoms with Gasteiger partial charge in [-0.15, -0.1) is 0 Å². The maximum absolute atomic E-state index is 14.0. The van der Waals surface area contributed by atoms with Crippen molar-refractivity contribution in [1.82, 2.24) is 0 Å². The molecular formula is C16H23FN2O2. The summed E-state index contributed by atoms with van der Waals surface area (Å²) in [6.45, 7) is 3.75. The number of carbonyl (C=O) groups excluding carboxylic acids is 1. The molecule has 2 rings (SSSR count). The fourth-order valence-electron chi connectivity index (χ4n) is 2.64. The summed E-state index contributed by atoms with van der Waals surface area (Å²) in [6.07, 6.45) is 3.37. The van der Waals surface area contributed by atoms with Gasteiger partial charge in [-0.3, -0.25) is 4.79 Å². The van der Waals surface area contributed by atoms with Crippen LogP contribution in [0.2, 0.25) is 0 Å². The van der Waals surface area contributed by atoms with Gasteiger partial charge in [-0.25, -0.2) is 4.39 Å². The second kappa shape index (κ2) is 6.89. The Kier molecular flexibility index (Phi) is 5.17. The van der Waals surface area contributed by atoms with Crippen molar-refractivity contribution in [2.45, 2.75) is 51.7 Å². The average molecular weight is 294 g/mol. The fourth-order valence-corrected chi connectivity index (χ4v) is 2.64. The summed E-state index contributed by atoms with van der Waals surface area (Å²) in [7, 11) is 0. The first-order valence-corrected chi connectivity index (χ1v) is 7.48. The number of benzene rings is 1. The van der Waals surface area contributed by atoms with E-state index in [4.69, 9.17) is 10.5 Å². The number of nitrogens with one attached hydrogen (secondary N) is 1. The SMILES string of the molecule is CC(C)Oc1ccc(NC(=O)C2CCCC(N)C2)c(F)c1. The van der Waals surface area contributed by atoms with Gasteiger partial charge in [0, 0.05) is 18.0 Å². The van der Waals surface area contributed by atoms with Gasteiger partial charge in [-0.1, -0.05) is 6.42 Å². The summed E-state index contributed by atoms with van der Waals surface area (Å²) in [4.78, 5) is 12.2. The minimum absolute atomic E-state index is 0.0198. The number of hydrogen-bond donors (Lipinski definition) is 2. The lowest BCUT2D eigenvalue weighted by molar-refractivity contribution is -0.120. The Morgan fingerprint density at radius 2 is 2.19 bits per heavy atom. The molecule has 116 valence electrons. The molecule has 4 nitrogen and oxygen atoms in total. The minimum atomic E-state index is -0.485. The highest BCUT2D eigenvalue weighted by molar-refractivity contribution is 5.92. The van der Waals surface area contributed by atoms with Gasteiger partial charge >= 0.3 is 0 Å². The molecule has 0 heterocycles. The molecule has 0 aromatic heterocycles. The van der Waals surface area contributed by atoms with Crippen LogP contribution >= 0.6 is 0 Å². The maximum atomic E-state index is 14.0. The van der Waals surface area contributed by atoms with E-state index in [1.165, 1.54) is 12.1 Å². The summed E-state index contributed by atoms with van der Waals surface area (Å²) >= 11 is 0. The molecular weight excluding hydrogens is 271 g/mol. The van der Waals surface area contributed by atoms with Crippen LogP contribution in [-0.4, -0.2) is 18.1 Å². The molecule has 0 bridgehead atoms. The Hall–Kier alpha value is -1.62. The van der Waals surface area contributed by atoms with Crippen molar-refractivity contribution >= 4 is 11.6 Å². The van der Waals surface area contributed by atoms with Gasteiger partial charge in [0.15, 0.2) is 0 Å². The third-order valence-electron chi connectivity index (χ3n) is 3.66. The third-order valence-corrected chi connectivity index (χ3v) is 3.66. The summed E-state index contributed by atoms with van der Waals surface area (Å²) in [6, 6.07) is 4.56. The Balaban J connectivity index is 2.00. The van der Waals surface area contributed by atoms with Crippen molar-refractivity contribution in [2.24, 2.45) is 11.7 Å². The molecule has 5 heteroatoms. The van der Waals surface area contributed by atoms with Crippen LogP contribution in [0.15, 0.2) is 18.2 Å². The predicted octanol–water partition coefficient (Wildman–Crippen LogP) is 3.07. The number of hydrogen-bond acceptors (Lipinski definition) is 3. The standard InChI is InChI=1S/C16H23FN2O2/c1-10(2)21-13-6-7-15(14(17)9-13)19-16(20)11-4-3-5-12(18)8-11/h6-7,9-12H,3-5,8,18H2,1-2H3,(H,19,20). The zero-order valence-electron chi connectivity index (χ0n) is 12.6. The molecule has 1 aromatic carbocycles. The highest BCUT2D eigenvalue weighted by Gasteiger charge is 2.25. The lowest BCUT2D eigenvalue weighted by atomic mass is 9.85. The number of halogens is 1. The molecule has 0 aliphatic heterocycles. The van der Waals surface area contributed by atoms with E-state index in [0.29, 0.717) is 12.2 Å². The van der Waals surface area contributed by atoms with E-state index in [-0.39, 0.29) is 29.7 Å². The van der Waals surface area contributed by atoms with Crippen LogP contribution in [0.25, 0.3) is 0 Å². The fraction of sp³-hybridized carbons (Fsp3) is 0.562. The van der Waals surface area contributed by atoms with Gasteiger partial charge in [-0.05, 0) is 45.2 Å². The zero-order valence-corrected chi connectivity index (χ0v) is 12.6. The first-order chi connectivity index (χ1) is 9.95. The molecule has 0 saturated heterocycles. The summed E-state index contributed by atoms with van der Waals surface area (Å²) in [5.41, 5.74) is 6.07. The number of anilines is 1. The van der Waals surface area contributed by atoms with Crippen LogP contribution in [-0.2, 0) is 4.79 Å². The molecule has 2 atom stereocenters. The van der Waals surface area contributed by atoms with E-state index in [0.717, 1.165) is 19.3 Å². The van der Waals surface area contributed by atoms with Crippen LogP contribution in [0.4, 0.5) is 10.1 Å². The zero-order chi connectivity index (χ0) is 15.4. The van der Waals surface area contributed by atoms with E-state index in [1.807, 2.05) is 13.8 Å². The van der Waals surface area contributed by atoms with E-state index in [9.17, 15) is 9.18 Å². The second-order valence-electron chi connectivity index (χ2n) is 5.92. The van der Waals surface area contributed by atoms with Crippen molar-refractivity contribution in [1.29, 1.82) is 0 Å². The third kappa shape index (κ3) is 4.43.